The van der Waals surface area contributed by atoms with Crippen LogP contribution in [0.15, 0.2) is 28.7 Å². The van der Waals surface area contributed by atoms with Gasteiger partial charge in [-0.2, -0.15) is 0 Å². The molecule has 1 unspecified atom stereocenters. The highest BCUT2D eigenvalue weighted by Gasteiger charge is 2.11. The number of nitrogens with one attached hydrogen (secondary N) is 1. The van der Waals surface area contributed by atoms with Crippen LogP contribution in [0.25, 0.3) is 11.0 Å². The fourth-order valence-electron chi connectivity index (χ4n) is 1.91. The van der Waals surface area contributed by atoms with E-state index in [1.807, 2.05) is 26.0 Å². The Balaban J connectivity index is 2.02. The number of hydrogen-bond acceptors (Lipinski definition) is 4. The van der Waals surface area contributed by atoms with E-state index in [4.69, 9.17) is 9.52 Å². The van der Waals surface area contributed by atoms with Crippen LogP contribution in [0.3, 0.4) is 0 Å². The van der Waals surface area contributed by atoms with E-state index in [1.165, 1.54) is 6.07 Å². The number of fused-ring (bicyclic) bond motifs is 1. The second-order valence-corrected chi connectivity index (χ2v) is 5.23. The highest BCUT2D eigenvalue weighted by Crippen LogP contribution is 2.20. The Morgan fingerprint density at radius 1 is 1.35 bits per heavy atom. The second kappa shape index (κ2) is 6.07. The third-order valence-corrected chi connectivity index (χ3v) is 3.24. The number of aliphatic hydroxyl groups is 1. The molecule has 0 radical (unpaired) electrons. The Labute approximate surface area is 117 Å². The molecule has 0 aliphatic heterocycles. The number of hydrogen-bond donors (Lipinski definition) is 3. The normalized spacial score (nSPS) is 13.0. The molecule has 0 saturated carbocycles. The van der Waals surface area contributed by atoms with Gasteiger partial charge in [-0.3, -0.25) is 0 Å². The van der Waals surface area contributed by atoms with Crippen LogP contribution >= 0.6 is 0 Å². The van der Waals surface area contributed by atoms with Crippen molar-refractivity contribution >= 4 is 16.9 Å². The van der Waals surface area contributed by atoms with Crippen molar-refractivity contribution in [2.75, 3.05) is 6.54 Å². The van der Waals surface area contributed by atoms with Crippen molar-refractivity contribution in [3.63, 3.8) is 0 Å². The van der Waals surface area contributed by atoms with E-state index >= 15 is 0 Å². The molecule has 0 aliphatic rings. The van der Waals surface area contributed by atoms with Gasteiger partial charge in [-0.05, 0) is 29.7 Å². The zero-order chi connectivity index (χ0) is 14.7. The number of rotatable bonds is 6. The number of aliphatic hydroxyl groups excluding tert-OH is 1. The molecule has 0 spiro atoms. The molecule has 1 heterocycles. The van der Waals surface area contributed by atoms with Crippen molar-refractivity contribution in [2.24, 2.45) is 5.92 Å². The van der Waals surface area contributed by atoms with Crippen molar-refractivity contribution in [2.45, 2.75) is 26.5 Å². The van der Waals surface area contributed by atoms with Crippen LogP contribution in [-0.2, 0) is 6.54 Å². The number of carboxylic acid groups (broad SMARTS) is 1. The second-order valence-electron chi connectivity index (χ2n) is 5.23. The van der Waals surface area contributed by atoms with Gasteiger partial charge in [0.25, 0.3) is 0 Å². The van der Waals surface area contributed by atoms with Gasteiger partial charge in [-0.15, -0.1) is 0 Å². The SMILES string of the molecule is CC(C)C(O)CNCc1ccc2oc(C(=O)O)cc2c1. The van der Waals surface area contributed by atoms with Gasteiger partial charge in [-0.25, -0.2) is 4.79 Å². The molecule has 5 nitrogen and oxygen atoms in total. The molecule has 0 amide bonds. The molecule has 1 aromatic heterocycles. The quantitative estimate of drug-likeness (QED) is 0.754. The fourth-order valence-corrected chi connectivity index (χ4v) is 1.91. The fraction of sp³-hybridized carbons (Fsp3) is 0.400. The maximum Gasteiger partial charge on any atom is 0.371 e. The minimum atomic E-state index is -1.07. The van der Waals surface area contributed by atoms with E-state index < -0.39 is 5.97 Å². The van der Waals surface area contributed by atoms with E-state index in [2.05, 4.69) is 5.32 Å². The summed E-state index contributed by atoms with van der Waals surface area (Å²) in [6.07, 6.45) is -0.369. The molecule has 0 fully saturated rings. The lowest BCUT2D eigenvalue weighted by molar-refractivity contribution is 0.0665. The molecule has 108 valence electrons. The molecule has 0 aliphatic carbocycles. The van der Waals surface area contributed by atoms with Gasteiger partial charge in [0.15, 0.2) is 0 Å². The number of benzene rings is 1. The largest absolute Gasteiger partial charge is 0.475 e. The number of carbonyl (C=O) groups is 1. The maximum atomic E-state index is 10.8. The minimum absolute atomic E-state index is 0.0552. The van der Waals surface area contributed by atoms with Crippen LogP contribution in [0.4, 0.5) is 0 Å². The van der Waals surface area contributed by atoms with E-state index in [1.54, 1.807) is 6.07 Å². The Hall–Kier alpha value is -1.85. The number of carboxylic acids is 1. The Bertz CT molecular complexity index is 603. The van der Waals surface area contributed by atoms with Gasteiger partial charge in [0.05, 0.1) is 6.10 Å². The zero-order valence-electron chi connectivity index (χ0n) is 11.6. The van der Waals surface area contributed by atoms with E-state index in [0.717, 1.165) is 10.9 Å². The van der Waals surface area contributed by atoms with Crippen molar-refractivity contribution in [1.82, 2.24) is 5.32 Å². The summed E-state index contributed by atoms with van der Waals surface area (Å²) in [5.74, 6) is -0.904. The standard InChI is InChI=1S/C15H19NO4/c1-9(2)12(17)8-16-7-10-3-4-13-11(5-10)6-14(20-13)15(18)19/h3-6,9,12,16-17H,7-8H2,1-2H3,(H,18,19). The lowest BCUT2D eigenvalue weighted by atomic mass is 10.1. The lowest BCUT2D eigenvalue weighted by Crippen LogP contribution is -2.30. The molecular weight excluding hydrogens is 258 g/mol. The molecule has 3 N–H and O–H groups in total. The van der Waals surface area contributed by atoms with Gasteiger partial charge >= 0.3 is 5.97 Å². The molecule has 1 atom stereocenters. The maximum absolute atomic E-state index is 10.8. The minimum Gasteiger partial charge on any atom is -0.475 e. The topological polar surface area (TPSA) is 82.7 Å². The summed E-state index contributed by atoms with van der Waals surface area (Å²) in [7, 11) is 0. The molecule has 20 heavy (non-hydrogen) atoms. The van der Waals surface area contributed by atoms with Gasteiger partial charge in [0.1, 0.15) is 5.58 Å². The van der Waals surface area contributed by atoms with Gasteiger partial charge in [-0.1, -0.05) is 19.9 Å². The first kappa shape index (κ1) is 14.6. The van der Waals surface area contributed by atoms with E-state index in [9.17, 15) is 9.90 Å². The van der Waals surface area contributed by atoms with Gasteiger partial charge in [0.2, 0.25) is 5.76 Å². The molecule has 0 bridgehead atoms. The number of aromatic carboxylic acids is 1. The predicted molar refractivity (Wildman–Crippen MR) is 75.7 cm³/mol. The first-order valence-corrected chi connectivity index (χ1v) is 6.62. The Kier molecular flexibility index (Phi) is 4.42. The summed E-state index contributed by atoms with van der Waals surface area (Å²) in [6.45, 7) is 5.09. The predicted octanol–water partition coefficient (Wildman–Crippen LogP) is 2.24. The highest BCUT2D eigenvalue weighted by atomic mass is 16.4. The van der Waals surface area contributed by atoms with Crippen molar-refractivity contribution in [3.8, 4) is 0 Å². The average molecular weight is 277 g/mol. The van der Waals surface area contributed by atoms with Crippen molar-refractivity contribution in [3.05, 3.63) is 35.6 Å². The van der Waals surface area contributed by atoms with Crippen LogP contribution in [-0.4, -0.2) is 28.8 Å². The first-order valence-electron chi connectivity index (χ1n) is 6.62. The first-order chi connectivity index (χ1) is 9.47. The van der Waals surface area contributed by atoms with Crippen LogP contribution in [0.2, 0.25) is 0 Å². The van der Waals surface area contributed by atoms with Crippen LogP contribution in [0.1, 0.15) is 30.0 Å². The summed E-state index contributed by atoms with van der Waals surface area (Å²) in [4.78, 5) is 10.8. The van der Waals surface area contributed by atoms with Crippen LogP contribution < -0.4 is 5.32 Å². The summed E-state index contributed by atoms with van der Waals surface area (Å²) in [5.41, 5.74) is 1.58. The zero-order valence-corrected chi connectivity index (χ0v) is 11.6. The molecule has 2 rings (SSSR count). The van der Waals surface area contributed by atoms with Crippen molar-refractivity contribution < 1.29 is 19.4 Å². The Morgan fingerprint density at radius 3 is 2.75 bits per heavy atom. The van der Waals surface area contributed by atoms with Gasteiger partial charge < -0.3 is 19.9 Å². The highest BCUT2D eigenvalue weighted by molar-refractivity contribution is 5.91. The molecule has 5 heteroatoms. The average Bonchev–Trinajstić information content (AvgIpc) is 2.81. The summed E-state index contributed by atoms with van der Waals surface area (Å²) >= 11 is 0. The lowest BCUT2D eigenvalue weighted by Gasteiger charge is -2.15. The molecule has 2 aromatic rings. The number of furan rings is 1. The van der Waals surface area contributed by atoms with E-state index in [-0.39, 0.29) is 17.8 Å². The Morgan fingerprint density at radius 2 is 2.10 bits per heavy atom. The van der Waals surface area contributed by atoms with Crippen molar-refractivity contribution in [1.29, 1.82) is 0 Å². The third-order valence-electron chi connectivity index (χ3n) is 3.24. The monoisotopic (exact) mass is 277 g/mol. The summed E-state index contributed by atoms with van der Waals surface area (Å²) in [6, 6.07) is 7.05. The van der Waals surface area contributed by atoms with Crippen LogP contribution in [0.5, 0.6) is 0 Å². The molecule has 1 aromatic carbocycles. The summed E-state index contributed by atoms with van der Waals surface area (Å²) in [5, 5.41) is 22.5. The smallest absolute Gasteiger partial charge is 0.371 e. The van der Waals surface area contributed by atoms with Gasteiger partial charge in [0, 0.05) is 18.5 Å². The molecular formula is C15H19NO4. The van der Waals surface area contributed by atoms with Crippen LogP contribution in [0, 0.1) is 5.92 Å². The molecule has 0 saturated heterocycles. The third kappa shape index (κ3) is 3.37. The van der Waals surface area contributed by atoms with E-state index in [0.29, 0.717) is 18.7 Å². The summed E-state index contributed by atoms with van der Waals surface area (Å²) < 4.78 is 5.20.